The van der Waals surface area contributed by atoms with Gasteiger partial charge in [0.05, 0.1) is 0 Å². The third-order valence-electron chi connectivity index (χ3n) is 0.754. The lowest BCUT2D eigenvalue weighted by atomic mass is 10.7. The Kier molecular flexibility index (Phi) is 2.16. The monoisotopic (exact) mass is 98.1 g/mol. The summed E-state index contributed by atoms with van der Waals surface area (Å²) >= 11 is 0. The smallest absolute Gasteiger partial charge is 0.0106 e. The highest BCUT2D eigenvalue weighted by molar-refractivity contribution is 4.88. The van der Waals surface area contributed by atoms with Crippen LogP contribution in [0.4, 0.5) is 0 Å². The van der Waals surface area contributed by atoms with Gasteiger partial charge in [-0.25, -0.2) is 0 Å². The normalized spacial score (nSPS) is 7.57. The van der Waals surface area contributed by atoms with E-state index in [1.54, 1.807) is 0 Å². The van der Waals surface area contributed by atoms with Gasteiger partial charge < -0.3 is 10.7 Å². The second-order valence-electron chi connectivity index (χ2n) is 1.35. The van der Waals surface area contributed by atoms with E-state index >= 15 is 0 Å². The van der Waals surface area contributed by atoms with E-state index in [9.17, 15) is 0 Å². The number of aromatic nitrogens is 1. The van der Waals surface area contributed by atoms with Crippen molar-refractivity contribution in [3.05, 3.63) is 24.5 Å². The fourth-order valence-electron chi connectivity index (χ4n) is 0.421. The number of rotatable bonds is 0. The molecule has 0 saturated heterocycles. The van der Waals surface area contributed by atoms with Gasteiger partial charge >= 0.3 is 0 Å². The predicted molar refractivity (Wildman–Crippen MR) is 30.4 cm³/mol. The van der Waals surface area contributed by atoms with Crippen molar-refractivity contribution in [1.82, 2.24) is 10.7 Å². The zero-order chi connectivity index (χ0) is 4.41. The molecule has 0 fully saturated rings. The Hall–Kier alpha value is -0.760. The molecule has 0 amide bonds. The van der Waals surface area contributed by atoms with Crippen LogP contribution in [0, 0.1) is 0 Å². The molecular weight excluding hydrogens is 88.1 g/mol. The highest BCUT2D eigenvalue weighted by Gasteiger charge is 1.68. The van der Waals surface area contributed by atoms with Crippen molar-refractivity contribution in [3.8, 4) is 0 Å². The van der Waals surface area contributed by atoms with E-state index in [-0.39, 0.29) is 6.15 Å². The lowest BCUT2D eigenvalue weighted by Crippen LogP contribution is -1.75. The predicted octanol–water partition coefficient (Wildman–Crippen LogP) is 1.19. The van der Waals surface area contributed by atoms with Crippen molar-refractivity contribution in [1.29, 1.82) is 0 Å². The zero-order valence-corrected chi connectivity index (χ0v) is 4.46. The van der Waals surface area contributed by atoms with Crippen LogP contribution in [0.1, 0.15) is 0 Å². The quantitative estimate of drug-likeness (QED) is 0.520. The summed E-state index contributed by atoms with van der Waals surface area (Å²) < 4.78 is 2.00. The summed E-state index contributed by atoms with van der Waals surface area (Å²) in [6.07, 6.45) is 4.00. The maximum Gasteiger partial charge on any atom is 0.0106 e. The molecule has 3 N–H and O–H groups in total. The van der Waals surface area contributed by atoms with Crippen molar-refractivity contribution in [3.63, 3.8) is 0 Å². The van der Waals surface area contributed by atoms with Crippen LogP contribution in [0.25, 0.3) is 0 Å². The molecule has 1 aromatic heterocycles. The summed E-state index contributed by atoms with van der Waals surface area (Å²) in [6, 6.07) is 4.00. The van der Waals surface area contributed by atoms with Gasteiger partial charge in [0.15, 0.2) is 0 Å². The molecule has 1 heterocycles. The average Bonchev–Trinajstić information content (AvgIpc) is 1.86. The third kappa shape index (κ3) is 1.41. The second-order valence-corrected chi connectivity index (χ2v) is 1.35. The van der Waals surface area contributed by atoms with Gasteiger partial charge in [-0.3, -0.25) is 0 Å². The molecule has 1 aromatic rings. The largest absolute Gasteiger partial charge is 0.357 e. The first-order valence-electron chi connectivity index (χ1n) is 1.96. The first-order chi connectivity index (χ1) is 2.89. The minimum absolute atomic E-state index is 0. The van der Waals surface area contributed by atoms with Crippen LogP contribution in [-0.2, 0) is 7.05 Å². The van der Waals surface area contributed by atoms with E-state index in [2.05, 4.69) is 0 Å². The summed E-state index contributed by atoms with van der Waals surface area (Å²) in [4.78, 5) is 0. The molecule has 0 unspecified atom stereocenters. The Balaban J connectivity index is 0.000000360. The molecule has 0 aliphatic heterocycles. The highest BCUT2D eigenvalue weighted by Crippen LogP contribution is 1.80. The van der Waals surface area contributed by atoms with Gasteiger partial charge in [-0.2, -0.15) is 0 Å². The molecular formula is C5H10N2. The molecule has 40 valence electrons. The van der Waals surface area contributed by atoms with Gasteiger partial charge in [0.2, 0.25) is 0 Å². The lowest BCUT2D eigenvalue weighted by Gasteiger charge is -1.79. The Morgan fingerprint density at radius 1 is 1.14 bits per heavy atom. The maximum atomic E-state index is 2.00. The van der Waals surface area contributed by atoms with E-state index in [0.29, 0.717) is 0 Å². The molecule has 0 saturated carbocycles. The van der Waals surface area contributed by atoms with Crippen LogP contribution in [0.3, 0.4) is 0 Å². The highest BCUT2D eigenvalue weighted by atomic mass is 14.9. The van der Waals surface area contributed by atoms with E-state index < -0.39 is 0 Å². The van der Waals surface area contributed by atoms with E-state index in [1.165, 1.54) is 0 Å². The lowest BCUT2D eigenvalue weighted by molar-refractivity contribution is 0.928. The standard InChI is InChI=1S/C5H7N.H3N/c1-6-4-2-3-5-6;/h2-5H,1H3;1H3. The minimum atomic E-state index is 0. The Morgan fingerprint density at radius 2 is 1.57 bits per heavy atom. The minimum Gasteiger partial charge on any atom is -0.357 e. The van der Waals surface area contributed by atoms with Gasteiger partial charge in [-0.05, 0) is 12.1 Å². The summed E-state index contributed by atoms with van der Waals surface area (Å²) in [5, 5.41) is 0. The SMILES string of the molecule is Cn1cccc1.N. The molecule has 0 spiro atoms. The summed E-state index contributed by atoms with van der Waals surface area (Å²) in [7, 11) is 2.00. The van der Waals surface area contributed by atoms with Crippen LogP contribution in [0.2, 0.25) is 0 Å². The van der Waals surface area contributed by atoms with Gasteiger partial charge in [0.25, 0.3) is 0 Å². The average molecular weight is 98.1 g/mol. The van der Waals surface area contributed by atoms with E-state index in [1.807, 2.05) is 36.1 Å². The molecule has 0 bridgehead atoms. The maximum absolute atomic E-state index is 2.00. The van der Waals surface area contributed by atoms with Crippen molar-refractivity contribution in [2.45, 2.75) is 0 Å². The molecule has 0 atom stereocenters. The van der Waals surface area contributed by atoms with Gasteiger partial charge in [0.1, 0.15) is 0 Å². The molecule has 2 heteroatoms. The summed E-state index contributed by atoms with van der Waals surface area (Å²) in [5.74, 6) is 0. The first kappa shape index (κ1) is 6.24. The molecule has 0 aromatic carbocycles. The Morgan fingerprint density at radius 3 is 1.71 bits per heavy atom. The van der Waals surface area contributed by atoms with Crippen molar-refractivity contribution in [2.75, 3.05) is 0 Å². The number of nitrogens with zero attached hydrogens (tertiary/aromatic N) is 1. The van der Waals surface area contributed by atoms with Crippen LogP contribution in [0.15, 0.2) is 24.5 Å². The molecule has 7 heavy (non-hydrogen) atoms. The summed E-state index contributed by atoms with van der Waals surface area (Å²) in [5.41, 5.74) is 0. The topological polar surface area (TPSA) is 39.9 Å². The van der Waals surface area contributed by atoms with Gasteiger partial charge in [-0.1, -0.05) is 0 Å². The van der Waals surface area contributed by atoms with Gasteiger partial charge in [0, 0.05) is 19.4 Å². The molecule has 0 aliphatic carbocycles. The molecule has 1 rings (SSSR count). The van der Waals surface area contributed by atoms with Crippen molar-refractivity contribution in [2.24, 2.45) is 7.05 Å². The third-order valence-corrected chi connectivity index (χ3v) is 0.754. The van der Waals surface area contributed by atoms with Gasteiger partial charge in [-0.15, -0.1) is 0 Å². The van der Waals surface area contributed by atoms with Crippen LogP contribution < -0.4 is 6.15 Å². The number of hydrogen-bond donors (Lipinski definition) is 1. The fourth-order valence-corrected chi connectivity index (χ4v) is 0.421. The van der Waals surface area contributed by atoms with Crippen LogP contribution in [-0.4, -0.2) is 4.57 Å². The number of aryl methyl sites for hydroxylation is 1. The molecule has 0 radical (unpaired) electrons. The number of hydrogen-bond acceptors (Lipinski definition) is 1. The first-order valence-corrected chi connectivity index (χ1v) is 1.96. The van der Waals surface area contributed by atoms with Crippen LogP contribution >= 0.6 is 0 Å². The molecule has 0 aliphatic rings. The Bertz CT molecular complexity index is 110. The van der Waals surface area contributed by atoms with Crippen molar-refractivity contribution >= 4 is 0 Å². The molecule has 2 nitrogen and oxygen atoms in total. The van der Waals surface area contributed by atoms with Crippen LogP contribution in [0.5, 0.6) is 0 Å². The van der Waals surface area contributed by atoms with Crippen molar-refractivity contribution < 1.29 is 0 Å². The van der Waals surface area contributed by atoms with E-state index in [0.717, 1.165) is 0 Å². The second kappa shape index (κ2) is 2.42. The van der Waals surface area contributed by atoms with E-state index in [4.69, 9.17) is 0 Å². The Labute approximate surface area is 43.4 Å². The zero-order valence-electron chi connectivity index (χ0n) is 4.46. The fraction of sp³-hybridized carbons (Fsp3) is 0.200. The summed E-state index contributed by atoms with van der Waals surface area (Å²) in [6.45, 7) is 0.